The van der Waals surface area contributed by atoms with E-state index in [1.807, 2.05) is 16.3 Å². The molecule has 1 fully saturated rings. The molecule has 2 aromatic heterocycles. The first kappa shape index (κ1) is 15.0. The minimum Gasteiger partial charge on any atom is -0.343 e. The van der Waals surface area contributed by atoms with Gasteiger partial charge in [0.25, 0.3) is 0 Å². The van der Waals surface area contributed by atoms with Gasteiger partial charge in [0.05, 0.1) is 0 Å². The highest BCUT2D eigenvalue weighted by Crippen LogP contribution is 2.27. The molecule has 0 spiro atoms. The molecule has 0 saturated carbocycles. The molecular formula is C17H20N2O2S. The zero-order valence-corrected chi connectivity index (χ0v) is 13.3. The van der Waals surface area contributed by atoms with E-state index in [9.17, 15) is 9.59 Å². The second-order valence-corrected chi connectivity index (χ2v) is 6.55. The summed E-state index contributed by atoms with van der Waals surface area (Å²) < 4.78 is 0. The lowest BCUT2D eigenvalue weighted by Crippen LogP contribution is -2.38. The third-order valence-electron chi connectivity index (χ3n) is 4.33. The number of nitrogens with zero attached hydrogens (tertiary/aromatic N) is 1. The summed E-state index contributed by atoms with van der Waals surface area (Å²) in [4.78, 5) is 28.3. The molecule has 116 valence electrons. The molecule has 1 saturated heterocycles. The second-order valence-electron chi connectivity index (χ2n) is 5.77. The Morgan fingerprint density at radius 3 is 2.82 bits per heavy atom. The lowest BCUT2D eigenvalue weighted by Gasteiger charge is -2.32. The normalized spacial score (nSPS) is 15.9. The lowest BCUT2D eigenvalue weighted by molar-refractivity contribution is -0.132. The maximum Gasteiger partial charge on any atom is 0.248 e. The van der Waals surface area contributed by atoms with E-state index in [0.29, 0.717) is 12.3 Å². The molecule has 1 amide bonds. The third kappa shape index (κ3) is 3.65. The monoisotopic (exact) mass is 316 g/mol. The maximum absolute atomic E-state index is 12.3. The number of hydrogen-bond donors (Lipinski definition) is 1. The Kier molecular flexibility index (Phi) is 4.73. The predicted molar refractivity (Wildman–Crippen MR) is 88.3 cm³/mol. The van der Waals surface area contributed by atoms with Crippen LogP contribution in [0.2, 0.25) is 0 Å². The van der Waals surface area contributed by atoms with E-state index in [0.717, 1.165) is 37.9 Å². The number of aryl methyl sites for hydroxylation is 1. The van der Waals surface area contributed by atoms with E-state index in [1.165, 1.54) is 5.56 Å². The second kappa shape index (κ2) is 6.92. The lowest BCUT2D eigenvalue weighted by atomic mass is 9.90. The number of amides is 1. The van der Waals surface area contributed by atoms with Gasteiger partial charge in [-0.15, -0.1) is 0 Å². The van der Waals surface area contributed by atoms with Crippen LogP contribution in [0.4, 0.5) is 0 Å². The molecule has 1 aliphatic heterocycles. The molecule has 0 radical (unpaired) electrons. The number of piperidine rings is 1. The van der Waals surface area contributed by atoms with Crippen molar-refractivity contribution in [2.24, 2.45) is 0 Å². The molecule has 0 unspecified atom stereocenters. The van der Waals surface area contributed by atoms with Crippen molar-refractivity contribution in [3.8, 4) is 0 Å². The predicted octanol–water partition coefficient (Wildman–Crippen LogP) is 2.78. The van der Waals surface area contributed by atoms with Gasteiger partial charge in [0.1, 0.15) is 0 Å². The highest BCUT2D eigenvalue weighted by atomic mass is 32.1. The topological polar surface area (TPSA) is 53.2 Å². The fraction of sp³-hybridized carbons (Fsp3) is 0.412. The molecule has 2 aromatic rings. The van der Waals surface area contributed by atoms with Gasteiger partial charge in [-0.3, -0.25) is 9.59 Å². The van der Waals surface area contributed by atoms with Crippen LogP contribution >= 0.6 is 11.3 Å². The van der Waals surface area contributed by atoms with Crippen LogP contribution in [0.5, 0.6) is 0 Å². The number of aromatic amines is 1. The molecule has 3 heterocycles. The number of aromatic nitrogens is 1. The number of H-pyrrole nitrogens is 1. The highest BCUT2D eigenvalue weighted by molar-refractivity contribution is 7.07. The Bertz CT molecular complexity index is 670. The van der Waals surface area contributed by atoms with Crippen LogP contribution in [0.1, 0.15) is 36.3 Å². The summed E-state index contributed by atoms with van der Waals surface area (Å²) >= 11 is 1.67. The van der Waals surface area contributed by atoms with Gasteiger partial charge in [0.15, 0.2) is 0 Å². The molecule has 0 aromatic carbocycles. The molecule has 3 rings (SSSR count). The molecule has 1 N–H and O–H groups in total. The standard InChI is InChI=1S/C17H20N2O2S/c20-16-11-15(3-7-18-16)14-4-8-19(9-5-14)17(21)2-1-13-6-10-22-12-13/h3,6-7,10-12,14H,1-2,4-5,8-9H2,(H,18,20). The average Bonchev–Trinajstić information content (AvgIpc) is 3.06. The van der Waals surface area contributed by atoms with Crippen molar-refractivity contribution in [3.63, 3.8) is 0 Å². The van der Waals surface area contributed by atoms with E-state index >= 15 is 0 Å². The fourth-order valence-corrected chi connectivity index (χ4v) is 3.72. The van der Waals surface area contributed by atoms with E-state index in [2.05, 4.69) is 16.4 Å². The van der Waals surface area contributed by atoms with Gasteiger partial charge >= 0.3 is 0 Å². The molecule has 1 aliphatic rings. The first-order valence-electron chi connectivity index (χ1n) is 7.70. The average molecular weight is 316 g/mol. The van der Waals surface area contributed by atoms with E-state index in [1.54, 1.807) is 23.6 Å². The van der Waals surface area contributed by atoms with Crippen LogP contribution in [-0.2, 0) is 11.2 Å². The number of carbonyl (C=O) groups excluding carboxylic acids is 1. The van der Waals surface area contributed by atoms with Crippen molar-refractivity contribution >= 4 is 17.2 Å². The number of pyridine rings is 1. The minimum atomic E-state index is -0.0493. The molecular weight excluding hydrogens is 296 g/mol. The van der Waals surface area contributed by atoms with Crippen molar-refractivity contribution < 1.29 is 4.79 Å². The molecule has 0 atom stereocenters. The summed E-state index contributed by atoms with van der Waals surface area (Å²) in [6.07, 6.45) is 5.00. The zero-order valence-electron chi connectivity index (χ0n) is 12.5. The zero-order chi connectivity index (χ0) is 15.4. The van der Waals surface area contributed by atoms with E-state index < -0.39 is 0 Å². The van der Waals surface area contributed by atoms with Crippen LogP contribution in [0.3, 0.4) is 0 Å². The Morgan fingerprint density at radius 2 is 2.14 bits per heavy atom. The molecule has 5 heteroatoms. The van der Waals surface area contributed by atoms with Crippen molar-refractivity contribution in [1.82, 2.24) is 9.88 Å². The van der Waals surface area contributed by atoms with Crippen molar-refractivity contribution in [2.75, 3.05) is 13.1 Å². The van der Waals surface area contributed by atoms with Crippen LogP contribution in [0.25, 0.3) is 0 Å². The Morgan fingerprint density at radius 1 is 1.32 bits per heavy atom. The van der Waals surface area contributed by atoms with Gasteiger partial charge < -0.3 is 9.88 Å². The summed E-state index contributed by atoms with van der Waals surface area (Å²) in [7, 11) is 0. The van der Waals surface area contributed by atoms with Crippen molar-refractivity contribution in [3.05, 3.63) is 56.6 Å². The van der Waals surface area contributed by atoms with E-state index in [-0.39, 0.29) is 11.5 Å². The SMILES string of the molecule is O=C(CCc1ccsc1)N1CCC(c2cc[nH]c(=O)c2)CC1. The van der Waals surface area contributed by atoms with Crippen molar-refractivity contribution in [1.29, 1.82) is 0 Å². The number of hydrogen-bond acceptors (Lipinski definition) is 3. The molecule has 22 heavy (non-hydrogen) atoms. The van der Waals surface area contributed by atoms with Gasteiger partial charge in [-0.1, -0.05) is 0 Å². The largest absolute Gasteiger partial charge is 0.343 e. The number of thiophene rings is 1. The van der Waals surface area contributed by atoms with Crippen LogP contribution in [0, 0.1) is 0 Å². The van der Waals surface area contributed by atoms with Gasteiger partial charge in [-0.25, -0.2) is 0 Å². The summed E-state index contributed by atoms with van der Waals surface area (Å²) in [5.41, 5.74) is 2.29. The Hall–Kier alpha value is -1.88. The van der Waals surface area contributed by atoms with Crippen LogP contribution in [-0.4, -0.2) is 28.9 Å². The van der Waals surface area contributed by atoms with E-state index in [4.69, 9.17) is 0 Å². The fourth-order valence-electron chi connectivity index (χ4n) is 3.02. The molecule has 4 nitrogen and oxygen atoms in total. The molecule has 0 bridgehead atoms. The Labute approximate surface area is 133 Å². The summed E-state index contributed by atoms with van der Waals surface area (Å²) in [5.74, 6) is 0.638. The summed E-state index contributed by atoms with van der Waals surface area (Å²) in [6, 6.07) is 5.73. The van der Waals surface area contributed by atoms with Gasteiger partial charge in [-0.2, -0.15) is 11.3 Å². The minimum absolute atomic E-state index is 0.0493. The van der Waals surface area contributed by atoms with Crippen molar-refractivity contribution in [2.45, 2.75) is 31.6 Å². The quantitative estimate of drug-likeness (QED) is 0.943. The number of likely N-dealkylation sites (tertiary alicyclic amines) is 1. The number of carbonyl (C=O) groups is 1. The Balaban J connectivity index is 1.50. The van der Waals surface area contributed by atoms with Gasteiger partial charge in [0.2, 0.25) is 11.5 Å². The molecule has 0 aliphatic carbocycles. The maximum atomic E-state index is 12.3. The third-order valence-corrected chi connectivity index (χ3v) is 5.06. The number of rotatable bonds is 4. The first-order valence-corrected chi connectivity index (χ1v) is 8.64. The van der Waals surface area contributed by atoms with Gasteiger partial charge in [0, 0.05) is 31.8 Å². The highest BCUT2D eigenvalue weighted by Gasteiger charge is 2.23. The summed E-state index contributed by atoms with van der Waals surface area (Å²) in [5, 5.41) is 4.15. The summed E-state index contributed by atoms with van der Waals surface area (Å²) in [6.45, 7) is 1.58. The smallest absolute Gasteiger partial charge is 0.248 e. The number of nitrogens with one attached hydrogen (secondary N) is 1. The van der Waals surface area contributed by atoms with Gasteiger partial charge in [-0.05, 0) is 59.2 Å². The van der Waals surface area contributed by atoms with Crippen LogP contribution < -0.4 is 5.56 Å². The first-order chi connectivity index (χ1) is 10.7. The van der Waals surface area contributed by atoms with Crippen LogP contribution in [0.15, 0.2) is 40.0 Å².